The van der Waals surface area contributed by atoms with Crippen LogP contribution in [0.3, 0.4) is 0 Å². The van der Waals surface area contributed by atoms with Crippen molar-refractivity contribution in [3.63, 3.8) is 0 Å². The summed E-state index contributed by atoms with van der Waals surface area (Å²) < 4.78 is 25.9. The van der Waals surface area contributed by atoms with Crippen LogP contribution in [0.15, 0.2) is 83.1 Å². The fraction of sp³-hybridized carbons (Fsp3) is 0.120. The number of para-hydroxylation sites is 1. The molecule has 8 nitrogen and oxygen atoms in total. The number of hydrazone groups is 1. The third-order valence-corrected chi connectivity index (χ3v) is 5.80. The van der Waals surface area contributed by atoms with Crippen LogP contribution in [-0.4, -0.2) is 46.9 Å². The van der Waals surface area contributed by atoms with Crippen LogP contribution in [-0.2, 0) is 4.79 Å². The van der Waals surface area contributed by atoms with Gasteiger partial charge in [-0.3, -0.25) is 9.36 Å². The number of rotatable bonds is 9. The summed E-state index contributed by atoms with van der Waals surface area (Å²) in [4.78, 5) is 12.3. The number of halogens is 1. The lowest BCUT2D eigenvalue weighted by Crippen LogP contribution is -2.20. The smallest absolute Gasteiger partial charge is 0.250 e. The standard InChI is InChI=1S/C25H22FN5O3S/c1-33-21-12-11-18(14-22(21)34-2)24-29-30-25(31(24)20-9-4-3-5-10-20)35-16-23(32)28-27-15-17-7-6-8-19(26)13-17/h3-15H,16H2,1-2H3,(H,28,32)/b27-15-. The number of carbonyl (C=O) groups is 1. The topological polar surface area (TPSA) is 90.6 Å². The van der Waals surface area contributed by atoms with Crippen LogP contribution < -0.4 is 14.9 Å². The van der Waals surface area contributed by atoms with E-state index >= 15 is 0 Å². The highest BCUT2D eigenvalue weighted by molar-refractivity contribution is 7.99. The summed E-state index contributed by atoms with van der Waals surface area (Å²) in [5.41, 5.74) is 4.60. The maximum Gasteiger partial charge on any atom is 0.250 e. The first-order valence-electron chi connectivity index (χ1n) is 10.5. The molecule has 0 spiro atoms. The van der Waals surface area contributed by atoms with Gasteiger partial charge in [0.25, 0.3) is 5.91 Å². The summed E-state index contributed by atoms with van der Waals surface area (Å²) in [7, 11) is 3.15. The normalized spacial score (nSPS) is 10.9. The van der Waals surface area contributed by atoms with Gasteiger partial charge in [-0.05, 0) is 48.0 Å². The molecule has 1 heterocycles. The molecule has 1 amide bonds. The van der Waals surface area contributed by atoms with Crippen molar-refractivity contribution in [1.29, 1.82) is 0 Å². The average Bonchev–Trinajstić information content (AvgIpc) is 3.31. The third kappa shape index (κ3) is 5.85. The van der Waals surface area contributed by atoms with Crippen LogP contribution in [0.4, 0.5) is 4.39 Å². The number of nitrogens with zero attached hydrogens (tertiary/aromatic N) is 4. The number of hydrogen-bond donors (Lipinski definition) is 1. The molecule has 0 atom stereocenters. The van der Waals surface area contributed by atoms with Crippen molar-refractivity contribution in [2.75, 3.05) is 20.0 Å². The molecule has 4 aromatic rings. The van der Waals surface area contributed by atoms with Gasteiger partial charge in [-0.2, -0.15) is 5.10 Å². The molecule has 0 unspecified atom stereocenters. The van der Waals surface area contributed by atoms with E-state index < -0.39 is 0 Å². The Balaban J connectivity index is 1.54. The molecular weight excluding hydrogens is 469 g/mol. The van der Waals surface area contributed by atoms with Crippen molar-refractivity contribution in [3.05, 3.63) is 84.2 Å². The minimum atomic E-state index is -0.374. The van der Waals surface area contributed by atoms with Crippen molar-refractivity contribution in [1.82, 2.24) is 20.2 Å². The molecule has 1 aromatic heterocycles. The number of benzene rings is 3. The monoisotopic (exact) mass is 491 g/mol. The van der Waals surface area contributed by atoms with Crippen LogP contribution >= 0.6 is 11.8 Å². The average molecular weight is 492 g/mol. The molecule has 0 aliphatic rings. The Kier molecular flexibility index (Phi) is 7.74. The van der Waals surface area contributed by atoms with E-state index in [1.165, 1.54) is 30.1 Å². The molecular formula is C25H22FN5O3S. The zero-order chi connectivity index (χ0) is 24.6. The number of nitrogens with one attached hydrogen (secondary N) is 1. The van der Waals surface area contributed by atoms with E-state index in [0.717, 1.165) is 11.3 Å². The SMILES string of the molecule is COc1ccc(-c2nnc(SCC(=O)N/N=C\c3cccc(F)c3)n2-c2ccccc2)cc1OC. The Morgan fingerprint density at radius 3 is 2.57 bits per heavy atom. The van der Waals surface area contributed by atoms with Crippen molar-refractivity contribution in [2.24, 2.45) is 5.10 Å². The van der Waals surface area contributed by atoms with Crippen molar-refractivity contribution >= 4 is 23.9 Å². The summed E-state index contributed by atoms with van der Waals surface area (Å²) in [5.74, 6) is 1.10. The number of amides is 1. The molecule has 1 N–H and O–H groups in total. The first-order chi connectivity index (χ1) is 17.1. The highest BCUT2D eigenvalue weighted by Gasteiger charge is 2.18. The summed E-state index contributed by atoms with van der Waals surface area (Å²) >= 11 is 1.22. The molecule has 10 heteroatoms. The number of thioether (sulfide) groups is 1. The van der Waals surface area contributed by atoms with E-state index in [1.54, 1.807) is 32.4 Å². The predicted molar refractivity (Wildman–Crippen MR) is 133 cm³/mol. The van der Waals surface area contributed by atoms with Gasteiger partial charge in [0.15, 0.2) is 22.5 Å². The van der Waals surface area contributed by atoms with Crippen molar-refractivity contribution in [3.8, 4) is 28.6 Å². The lowest BCUT2D eigenvalue weighted by atomic mass is 10.2. The van der Waals surface area contributed by atoms with Gasteiger partial charge in [0.05, 0.1) is 26.2 Å². The Morgan fingerprint density at radius 2 is 1.83 bits per heavy atom. The molecule has 0 radical (unpaired) electrons. The van der Waals surface area contributed by atoms with Crippen LogP contribution in [0, 0.1) is 5.82 Å². The first-order valence-corrected chi connectivity index (χ1v) is 11.5. The largest absolute Gasteiger partial charge is 0.493 e. The molecule has 0 saturated heterocycles. The molecule has 0 fully saturated rings. The fourth-order valence-electron chi connectivity index (χ4n) is 3.26. The molecule has 178 valence electrons. The first kappa shape index (κ1) is 24.0. The van der Waals surface area contributed by atoms with Gasteiger partial charge in [0, 0.05) is 11.3 Å². The van der Waals surface area contributed by atoms with Crippen LogP contribution in [0.2, 0.25) is 0 Å². The molecule has 35 heavy (non-hydrogen) atoms. The lowest BCUT2D eigenvalue weighted by molar-refractivity contribution is -0.118. The van der Waals surface area contributed by atoms with E-state index in [1.807, 2.05) is 47.0 Å². The maximum atomic E-state index is 13.3. The number of ether oxygens (including phenoxy) is 2. The van der Waals surface area contributed by atoms with E-state index in [-0.39, 0.29) is 17.5 Å². The second-order valence-electron chi connectivity index (χ2n) is 7.18. The highest BCUT2D eigenvalue weighted by atomic mass is 32.2. The van der Waals surface area contributed by atoms with Crippen molar-refractivity contribution in [2.45, 2.75) is 5.16 Å². The predicted octanol–water partition coefficient (Wildman–Crippen LogP) is 4.33. The van der Waals surface area contributed by atoms with Gasteiger partial charge >= 0.3 is 0 Å². The Bertz CT molecular complexity index is 1340. The van der Waals surface area contributed by atoms with Crippen LogP contribution in [0.25, 0.3) is 17.1 Å². The quantitative estimate of drug-likeness (QED) is 0.213. The van der Waals surface area contributed by atoms with E-state index in [4.69, 9.17) is 9.47 Å². The summed E-state index contributed by atoms with van der Waals surface area (Å²) in [6.45, 7) is 0. The molecule has 0 saturated carbocycles. The molecule has 4 rings (SSSR count). The third-order valence-electron chi connectivity index (χ3n) is 4.87. The van der Waals surface area contributed by atoms with Gasteiger partial charge in [-0.15, -0.1) is 10.2 Å². The number of methoxy groups -OCH3 is 2. The van der Waals surface area contributed by atoms with Crippen LogP contribution in [0.5, 0.6) is 11.5 Å². The number of carbonyl (C=O) groups excluding carboxylic acids is 1. The Hall–Kier alpha value is -4.18. The van der Waals surface area contributed by atoms with Gasteiger partial charge in [-0.25, -0.2) is 9.82 Å². The Labute approximate surface area is 205 Å². The minimum Gasteiger partial charge on any atom is -0.493 e. The Morgan fingerprint density at radius 1 is 1.03 bits per heavy atom. The second kappa shape index (κ2) is 11.3. The molecule has 0 aliphatic heterocycles. The zero-order valence-electron chi connectivity index (χ0n) is 19.0. The van der Waals surface area contributed by atoms with Crippen molar-refractivity contribution < 1.29 is 18.7 Å². The highest BCUT2D eigenvalue weighted by Crippen LogP contribution is 2.34. The van der Waals surface area contributed by atoms with Gasteiger partial charge in [0.1, 0.15) is 5.82 Å². The van der Waals surface area contributed by atoms with E-state index in [9.17, 15) is 9.18 Å². The molecule has 0 bridgehead atoms. The summed E-state index contributed by atoms with van der Waals surface area (Å²) in [5, 5.41) is 13.1. The maximum absolute atomic E-state index is 13.3. The van der Waals surface area contributed by atoms with E-state index in [0.29, 0.717) is 28.0 Å². The van der Waals surface area contributed by atoms with E-state index in [2.05, 4.69) is 20.7 Å². The molecule has 3 aromatic carbocycles. The lowest BCUT2D eigenvalue weighted by Gasteiger charge is -2.12. The van der Waals surface area contributed by atoms with Gasteiger partial charge in [-0.1, -0.05) is 42.1 Å². The zero-order valence-corrected chi connectivity index (χ0v) is 19.8. The van der Waals surface area contributed by atoms with Gasteiger partial charge < -0.3 is 9.47 Å². The fourth-order valence-corrected chi connectivity index (χ4v) is 4.01. The van der Waals surface area contributed by atoms with Gasteiger partial charge in [0.2, 0.25) is 0 Å². The molecule has 0 aliphatic carbocycles. The minimum absolute atomic E-state index is 0.0530. The second-order valence-corrected chi connectivity index (χ2v) is 8.13. The number of hydrogen-bond acceptors (Lipinski definition) is 7. The van der Waals surface area contributed by atoms with Crippen LogP contribution in [0.1, 0.15) is 5.56 Å². The summed E-state index contributed by atoms with van der Waals surface area (Å²) in [6, 6.07) is 21.0. The summed E-state index contributed by atoms with van der Waals surface area (Å²) in [6.07, 6.45) is 1.38. The number of aromatic nitrogens is 3.